The lowest BCUT2D eigenvalue weighted by Gasteiger charge is -2.24. The van der Waals surface area contributed by atoms with Crippen LogP contribution < -0.4 is 10.5 Å². The molecule has 33 heavy (non-hydrogen) atoms. The monoisotopic (exact) mass is 456 g/mol. The van der Waals surface area contributed by atoms with Crippen molar-refractivity contribution in [3.05, 3.63) is 123 Å². The first-order valence-electron chi connectivity index (χ1n) is 10.4. The number of amides is 1. The third kappa shape index (κ3) is 4.11. The van der Waals surface area contributed by atoms with Crippen molar-refractivity contribution in [3.8, 4) is 0 Å². The molecule has 162 valence electrons. The molecule has 6 heteroatoms. The number of benzene rings is 4. The maximum atomic E-state index is 14.4. The van der Waals surface area contributed by atoms with Gasteiger partial charge in [-0.2, -0.15) is 0 Å². The predicted octanol–water partition coefficient (Wildman–Crippen LogP) is 6.32. The molecule has 0 aliphatic rings. The Labute approximate surface area is 193 Å². The number of pyridine rings is 1. The molecule has 4 nitrogen and oxygen atoms in total. The van der Waals surface area contributed by atoms with Crippen LogP contribution >= 0.6 is 11.6 Å². The van der Waals surface area contributed by atoms with Crippen LogP contribution in [0.4, 0.5) is 10.1 Å². The van der Waals surface area contributed by atoms with Gasteiger partial charge in [-0.25, -0.2) is 4.39 Å². The van der Waals surface area contributed by atoms with Crippen LogP contribution in [0.5, 0.6) is 0 Å². The first-order chi connectivity index (χ1) is 16.0. The summed E-state index contributed by atoms with van der Waals surface area (Å²) >= 11 is 6.22. The molecule has 1 heterocycles. The van der Waals surface area contributed by atoms with E-state index in [0.29, 0.717) is 27.2 Å². The van der Waals surface area contributed by atoms with E-state index in [0.717, 1.165) is 10.8 Å². The van der Waals surface area contributed by atoms with Crippen LogP contribution in [-0.4, -0.2) is 10.9 Å². The van der Waals surface area contributed by atoms with E-state index < -0.39 is 11.4 Å². The highest BCUT2D eigenvalue weighted by atomic mass is 35.5. The number of nitrogens with one attached hydrogen (secondary N) is 1. The maximum Gasteiger partial charge on any atom is 0.258 e. The third-order valence-electron chi connectivity index (χ3n) is 5.60. The minimum atomic E-state index is -0.526. The summed E-state index contributed by atoms with van der Waals surface area (Å²) in [5.41, 5.74) is 1.28. The molecular weight excluding hydrogens is 439 g/mol. The number of aromatic amines is 1. The lowest BCUT2D eigenvalue weighted by Crippen LogP contribution is -2.31. The zero-order valence-electron chi connectivity index (χ0n) is 17.4. The minimum Gasteiger partial charge on any atom is -0.319 e. The van der Waals surface area contributed by atoms with Gasteiger partial charge in [0.2, 0.25) is 5.56 Å². The van der Waals surface area contributed by atoms with Crippen LogP contribution in [0, 0.1) is 5.82 Å². The maximum absolute atomic E-state index is 14.4. The van der Waals surface area contributed by atoms with Crippen molar-refractivity contribution in [3.63, 3.8) is 0 Å². The fraction of sp³-hybridized carbons (Fsp3) is 0.0370. The molecule has 0 saturated heterocycles. The molecule has 0 aliphatic heterocycles. The molecule has 1 N–H and O–H groups in total. The Morgan fingerprint density at radius 1 is 0.879 bits per heavy atom. The normalized spacial score (nSPS) is 11.1. The molecule has 5 aromatic rings. The first kappa shape index (κ1) is 20.9. The number of aromatic nitrogens is 1. The number of halogens is 2. The number of carbonyl (C=O) groups is 1. The number of fused-ring (bicyclic) bond motifs is 2. The summed E-state index contributed by atoms with van der Waals surface area (Å²) in [6.07, 6.45) is 0. The molecule has 0 aliphatic carbocycles. The summed E-state index contributed by atoms with van der Waals surface area (Å²) in [4.78, 5) is 30.1. The van der Waals surface area contributed by atoms with E-state index in [4.69, 9.17) is 11.6 Å². The van der Waals surface area contributed by atoms with Crippen LogP contribution in [0.1, 0.15) is 15.9 Å². The first-order valence-corrected chi connectivity index (χ1v) is 10.7. The van der Waals surface area contributed by atoms with E-state index >= 15 is 0 Å². The van der Waals surface area contributed by atoms with Gasteiger partial charge in [-0.15, -0.1) is 0 Å². The van der Waals surface area contributed by atoms with Gasteiger partial charge in [0.05, 0.1) is 12.1 Å². The van der Waals surface area contributed by atoms with Gasteiger partial charge in [-0.3, -0.25) is 9.59 Å². The zero-order chi connectivity index (χ0) is 22.9. The Bertz CT molecular complexity index is 1580. The highest BCUT2D eigenvalue weighted by Gasteiger charge is 2.21. The summed E-state index contributed by atoms with van der Waals surface area (Å²) < 4.78 is 14.4. The SMILES string of the molecule is O=C(c1ccc2ccccc2c1)N(Cc1cc(=O)[nH]c2c(F)cccc12)c1cccc(Cl)c1. The van der Waals surface area contributed by atoms with Gasteiger partial charge in [0.1, 0.15) is 5.82 Å². The molecule has 1 amide bonds. The number of H-pyrrole nitrogens is 1. The lowest BCUT2D eigenvalue weighted by atomic mass is 10.0. The highest BCUT2D eigenvalue weighted by molar-refractivity contribution is 6.31. The van der Waals surface area contributed by atoms with Gasteiger partial charge in [0, 0.05) is 27.7 Å². The standard InChI is InChI=1S/C27H18ClFN2O2/c28-21-7-3-8-22(15-21)31(27(33)19-12-11-17-5-1-2-6-18(17)13-19)16-20-14-25(32)30-26-23(20)9-4-10-24(26)29/h1-15H,16H2,(H,30,32). The van der Waals surface area contributed by atoms with E-state index in [1.165, 1.54) is 12.1 Å². The quantitative estimate of drug-likeness (QED) is 0.344. The van der Waals surface area contributed by atoms with Gasteiger partial charge in [0.15, 0.2) is 0 Å². The molecule has 0 radical (unpaired) electrons. The second kappa shape index (κ2) is 8.52. The molecule has 0 atom stereocenters. The Morgan fingerprint density at radius 2 is 1.67 bits per heavy atom. The molecule has 0 saturated carbocycles. The summed E-state index contributed by atoms with van der Waals surface area (Å²) in [6, 6.07) is 26.2. The molecule has 0 fully saturated rings. The molecule has 1 aromatic heterocycles. The smallest absolute Gasteiger partial charge is 0.258 e. The minimum absolute atomic E-state index is 0.0654. The van der Waals surface area contributed by atoms with E-state index in [9.17, 15) is 14.0 Å². The molecule has 0 spiro atoms. The molecule has 4 aromatic carbocycles. The predicted molar refractivity (Wildman–Crippen MR) is 130 cm³/mol. The van der Waals surface area contributed by atoms with E-state index in [-0.39, 0.29) is 18.0 Å². The van der Waals surface area contributed by atoms with Crippen LogP contribution in [0.25, 0.3) is 21.7 Å². The van der Waals surface area contributed by atoms with Gasteiger partial charge in [-0.1, -0.05) is 60.1 Å². The largest absolute Gasteiger partial charge is 0.319 e. The number of para-hydroxylation sites is 1. The fourth-order valence-electron chi connectivity index (χ4n) is 4.02. The molecule has 0 bridgehead atoms. The molecular formula is C27H18ClFN2O2. The zero-order valence-corrected chi connectivity index (χ0v) is 18.1. The fourth-order valence-corrected chi connectivity index (χ4v) is 4.20. The Balaban J connectivity index is 1.64. The summed E-state index contributed by atoms with van der Waals surface area (Å²) in [7, 11) is 0. The van der Waals surface area contributed by atoms with Gasteiger partial charge >= 0.3 is 0 Å². The summed E-state index contributed by atoms with van der Waals surface area (Å²) in [6.45, 7) is 0.0654. The van der Waals surface area contributed by atoms with Crippen molar-refractivity contribution >= 4 is 44.9 Å². The number of nitrogens with zero attached hydrogens (tertiary/aromatic N) is 1. The van der Waals surface area contributed by atoms with Crippen molar-refractivity contribution < 1.29 is 9.18 Å². The van der Waals surface area contributed by atoms with Crippen molar-refractivity contribution in [2.75, 3.05) is 4.90 Å². The van der Waals surface area contributed by atoms with E-state index in [2.05, 4.69) is 4.98 Å². The number of rotatable bonds is 4. The number of anilines is 1. The molecule has 5 rings (SSSR count). The average molecular weight is 457 g/mol. The van der Waals surface area contributed by atoms with Gasteiger partial charge < -0.3 is 9.88 Å². The average Bonchev–Trinajstić information content (AvgIpc) is 2.82. The van der Waals surface area contributed by atoms with Crippen molar-refractivity contribution in [2.45, 2.75) is 6.54 Å². The van der Waals surface area contributed by atoms with Crippen LogP contribution in [0.15, 0.2) is 95.8 Å². The van der Waals surface area contributed by atoms with Gasteiger partial charge in [-0.05, 0) is 52.7 Å². The number of hydrogen-bond donors (Lipinski definition) is 1. The Kier molecular flexibility index (Phi) is 5.40. The third-order valence-corrected chi connectivity index (χ3v) is 5.84. The molecule has 0 unspecified atom stereocenters. The summed E-state index contributed by atoms with van der Waals surface area (Å²) in [5.74, 6) is -0.783. The number of hydrogen-bond acceptors (Lipinski definition) is 2. The summed E-state index contributed by atoms with van der Waals surface area (Å²) in [5, 5.41) is 2.98. The van der Waals surface area contributed by atoms with Crippen LogP contribution in [-0.2, 0) is 6.54 Å². The second-order valence-corrected chi connectivity index (χ2v) is 8.19. The van der Waals surface area contributed by atoms with Crippen molar-refractivity contribution in [1.29, 1.82) is 0 Å². The van der Waals surface area contributed by atoms with Crippen molar-refractivity contribution in [2.24, 2.45) is 0 Å². The van der Waals surface area contributed by atoms with Crippen molar-refractivity contribution in [1.82, 2.24) is 4.98 Å². The lowest BCUT2D eigenvalue weighted by molar-refractivity contribution is 0.0985. The van der Waals surface area contributed by atoms with Crippen LogP contribution in [0.2, 0.25) is 5.02 Å². The number of carbonyl (C=O) groups excluding carboxylic acids is 1. The van der Waals surface area contributed by atoms with E-state index in [1.807, 2.05) is 36.4 Å². The van der Waals surface area contributed by atoms with Crippen LogP contribution in [0.3, 0.4) is 0 Å². The van der Waals surface area contributed by atoms with Gasteiger partial charge in [0.25, 0.3) is 5.91 Å². The Morgan fingerprint density at radius 3 is 2.48 bits per heavy atom. The van der Waals surface area contributed by atoms with E-state index in [1.54, 1.807) is 47.4 Å². The topological polar surface area (TPSA) is 53.2 Å². The second-order valence-electron chi connectivity index (χ2n) is 7.75. The Hall–Kier alpha value is -3.96. The highest BCUT2D eigenvalue weighted by Crippen LogP contribution is 2.27.